The van der Waals surface area contributed by atoms with Crippen LogP contribution in [0.5, 0.6) is 0 Å². The fraction of sp³-hybridized carbons (Fsp3) is 0.174. The summed E-state index contributed by atoms with van der Waals surface area (Å²) in [6.45, 7) is 0.276. The fourth-order valence-electron chi connectivity index (χ4n) is 3.12. The Kier molecular flexibility index (Phi) is 7.34. The number of benzene rings is 2. The molecule has 0 aliphatic heterocycles. The van der Waals surface area contributed by atoms with Crippen molar-refractivity contribution >= 4 is 27.5 Å². The molecule has 166 valence electrons. The predicted molar refractivity (Wildman–Crippen MR) is 122 cm³/mol. The SMILES string of the molecule is CN(C(C(=O)Nc1ccccc1C(=O)NCc1cccnc1)c1ccccc1)S(C)(=O)=O. The number of aromatic nitrogens is 1. The van der Waals surface area contributed by atoms with Gasteiger partial charge in [0.1, 0.15) is 6.04 Å². The van der Waals surface area contributed by atoms with Gasteiger partial charge < -0.3 is 10.6 Å². The third kappa shape index (κ3) is 5.77. The van der Waals surface area contributed by atoms with E-state index in [9.17, 15) is 18.0 Å². The maximum atomic E-state index is 13.2. The van der Waals surface area contributed by atoms with Crippen molar-refractivity contribution in [2.75, 3.05) is 18.6 Å². The molecule has 3 aromatic rings. The van der Waals surface area contributed by atoms with Crippen LogP contribution in [0, 0.1) is 0 Å². The Morgan fingerprint density at radius 3 is 2.34 bits per heavy atom. The Morgan fingerprint density at radius 2 is 1.69 bits per heavy atom. The van der Waals surface area contributed by atoms with Gasteiger partial charge >= 0.3 is 0 Å². The van der Waals surface area contributed by atoms with Crippen LogP contribution in [0.2, 0.25) is 0 Å². The summed E-state index contributed by atoms with van der Waals surface area (Å²) in [4.78, 5) is 30.0. The van der Waals surface area contributed by atoms with E-state index in [2.05, 4.69) is 15.6 Å². The van der Waals surface area contributed by atoms with E-state index < -0.39 is 22.0 Å². The first-order chi connectivity index (χ1) is 15.3. The number of anilines is 1. The standard InChI is InChI=1S/C23H24N4O4S/c1-27(32(2,30)31)21(18-10-4-3-5-11-18)23(29)26-20-13-7-6-12-19(20)22(28)25-16-17-9-8-14-24-15-17/h3-15,21H,16H2,1-2H3,(H,25,28)(H,26,29). The van der Waals surface area contributed by atoms with E-state index in [1.807, 2.05) is 6.07 Å². The molecule has 1 unspecified atom stereocenters. The summed E-state index contributed by atoms with van der Waals surface area (Å²) in [6, 6.07) is 17.7. The van der Waals surface area contributed by atoms with Crippen LogP contribution in [0.4, 0.5) is 5.69 Å². The number of hydrogen-bond donors (Lipinski definition) is 2. The summed E-state index contributed by atoms with van der Waals surface area (Å²) in [7, 11) is -2.32. The normalized spacial score (nSPS) is 12.2. The number of carbonyl (C=O) groups excluding carboxylic acids is 2. The highest BCUT2D eigenvalue weighted by Crippen LogP contribution is 2.25. The van der Waals surface area contributed by atoms with Crippen LogP contribution in [-0.2, 0) is 21.4 Å². The summed E-state index contributed by atoms with van der Waals surface area (Å²) in [5, 5.41) is 5.52. The molecular weight excluding hydrogens is 428 g/mol. The molecule has 0 fully saturated rings. The average Bonchev–Trinajstić information content (AvgIpc) is 2.79. The third-order valence-corrected chi connectivity index (χ3v) is 6.11. The molecule has 3 rings (SSSR count). The second-order valence-electron chi connectivity index (χ2n) is 7.17. The minimum atomic E-state index is -3.67. The zero-order valence-corrected chi connectivity index (χ0v) is 18.5. The number of nitrogens with one attached hydrogen (secondary N) is 2. The Bertz CT molecular complexity index is 1180. The summed E-state index contributed by atoms with van der Waals surface area (Å²) in [5.74, 6) is -0.950. The Morgan fingerprint density at radius 1 is 1.00 bits per heavy atom. The van der Waals surface area contributed by atoms with Crippen LogP contribution in [0.3, 0.4) is 0 Å². The lowest BCUT2D eigenvalue weighted by Gasteiger charge is -2.26. The van der Waals surface area contributed by atoms with E-state index >= 15 is 0 Å². The highest BCUT2D eigenvalue weighted by Gasteiger charge is 2.31. The molecule has 1 aromatic heterocycles. The maximum absolute atomic E-state index is 13.2. The van der Waals surface area contributed by atoms with Gasteiger partial charge in [-0.25, -0.2) is 8.42 Å². The molecule has 1 atom stereocenters. The molecule has 2 N–H and O–H groups in total. The quantitative estimate of drug-likeness (QED) is 0.546. The molecule has 2 amide bonds. The van der Waals surface area contributed by atoms with Gasteiger partial charge in [-0.1, -0.05) is 48.5 Å². The minimum absolute atomic E-state index is 0.263. The van der Waals surface area contributed by atoms with Crippen molar-refractivity contribution in [3.63, 3.8) is 0 Å². The van der Waals surface area contributed by atoms with Crippen LogP contribution in [0.25, 0.3) is 0 Å². The topological polar surface area (TPSA) is 108 Å². The molecule has 2 aromatic carbocycles. The van der Waals surface area contributed by atoms with E-state index in [1.54, 1.807) is 73.1 Å². The molecule has 0 radical (unpaired) electrons. The maximum Gasteiger partial charge on any atom is 0.253 e. The number of hydrogen-bond acceptors (Lipinski definition) is 5. The van der Waals surface area contributed by atoms with Gasteiger partial charge in [0.25, 0.3) is 5.91 Å². The molecule has 0 saturated heterocycles. The summed E-state index contributed by atoms with van der Waals surface area (Å²) >= 11 is 0. The number of rotatable bonds is 8. The highest BCUT2D eigenvalue weighted by molar-refractivity contribution is 7.88. The molecule has 8 nitrogen and oxygen atoms in total. The zero-order chi connectivity index (χ0) is 23.1. The molecule has 1 heterocycles. The van der Waals surface area contributed by atoms with Crippen molar-refractivity contribution in [2.45, 2.75) is 12.6 Å². The number of para-hydroxylation sites is 1. The fourth-order valence-corrected chi connectivity index (χ4v) is 3.73. The van der Waals surface area contributed by atoms with Gasteiger partial charge in [-0.2, -0.15) is 4.31 Å². The van der Waals surface area contributed by atoms with Crippen molar-refractivity contribution in [3.05, 3.63) is 95.8 Å². The van der Waals surface area contributed by atoms with Crippen LogP contribution in [-0.4, -0.2) is 42.8 Å². The average molecular weight is 453 g/mol. The lowest BCUT2D eigenvalue weighted by molar-refractivity contribution is -0.119. The first-order valence-corrected chi connectivity index (χ1v) is 11.7. The molecule has 0 saturated carbocycles. The molecule has 9 heteroatoms. The molecule has 0 spiro atoms. The number of nitrogens with zero attached hydrogens (tertiary/aromatic N) is 2. The number of amides is 2. The minimum Gasteiger partial charge on any atom is -0.348 e. The Labute approximate surface area is 187 Å². The second-order valence-corrected chi connectivity index (χ2v) is 9.21. The van der Waals surface area contributed by atoms with E-state index in [0.717, 1.165) is 16.1 Å². The van der Waals surface area contributed by atoms with Crippen molar-refractivity contribution in [1.82, 2.24) is 14.6 Å². The molecule has 0 aliphatic rings. The molecule has 0 bridgehead atoms. The van der Waals surface area contributed by atoms with E-state index in [4.69, 9.17) is 0 Å². The smallest absolute Gasteiger partial charge is 0.253 e. The molecule has 32 heavy (non-hydrogen) atoms. The van der Waals surface area contributed by atoms with Gasteiger partial charge in [0.2, 0.25) is 15.9 Å². The van der Waals surface area contributed by atoms with E-state index in [0.29, 0.717) is 5.56 Å². The van der Waals surface area contributed by atoms with Crippen LogP contribution >= 0.6 is 0 Å². The molecule has 0 aliphatic carbocycles. The first-order valence-electron chi connectivity index (χ1n) is 9.82. The zero-order valence-electron chi connectivity index (χ0n) is 17.7. The van der Waals surface area contributed by atoms with Crippen LogP contribution in [0.15, 0.2) is 79.1 Å². The van der Waals surface area contributed by atoms with Crippen molar-refractivity contribution in [3.8, 4) is 0 Å². The summed E-state index contributed by atoms with van der Waals surface area (Å²) < 4.78 is 25.4. The van der Waals surface area contributed by atoms with Gasteiger partial charge in [-0.15, -0.1) is 0 Å². The second kappa shape index (κ2) is 10.2. The monoisotopic (exact) mass is 452 g/mol. The first kappa shape index (κ1) is 23.1. The number of sulfonamides is 1. The Hall–Kier alpha value is -3.56. The van der Waals surface area contributed by atoms with Gasteiger partial charge in [-0.05, 0) is 29.3 Å². The Balaban J connectivity index is 1.83. The van der Waals surface area contributed by atoms with Crippen molar-refractivity contribution in [2.24, 2.45) is 0 Å². The van der Waals surface area contributed by atoms with Crippen molar-refractivity contribution in [1.29, 1.82) is 0 Å². The van der Waals surface area contributed by atoms with Gasteiger partial charge in [0.05, 0.1) is 17.5 Å². The summed E-state index contributed by atoms with van der Waals surface area (Å²) in [6.07, 6.45) is 4.34. The predicted octanol–water partition coefficient (Wildman–Crippen LogP) is 2.58. The third-order valence-electron chi connectivity index (χ3n) is 4.86. The van der Waals surface area contributed by atoms with Crippen LogP contribution < -0.4 is 10.6 Å². The van der Waals surface area contributed by atoms with E-state index in [1.165, 1.54) is 7.05 Å². The number of carbonyl (C=O) groups is 2. The van der Waals surface area contributed by atoms with E-state index in [-0.39, 0.29) is 23.7 Å². The largest absolute Gasteiger partial charge is 0.348 e. The lowest BCUT2D eigenvalue weighted by atomic mass is 10.1. The van der Waals surface area contributed by atoms with Gasteiger partial charge in [0, 0.05) is 26.0 Å². The molecular formula is C23H24N4O4S. The number of pyridine rings is 1. The van der Waals surface area contributed by atoms with Crippen LogP contribution in [0.1, 0.15) is 27.5 Å². The number of likely N-dealkylation sites (N-methyl/N-ethyl adjacent to an activating group) is 1. The van der Waals surface area contributed by atoms with Gasteiger partial charge in [0.15, 0.2) is 0 Å². The summed E-state index contributed by atoms with van der Waals surface area (Å²) in [5.41, 5.74) is 1.89. The van der Waals surface area contributed by atoms with Gasteiger partial charge in [-0.3, -0.25) is 14.6 Å². The highest BCUT2D eigenvalue weighted by atomic mass is 32.2. The van der Waals surface area contributed by atoms with Crippen molar-refractivity contribution < 1.29 is 18.0 Å². The lowest BCUT2D eigenvalue weighted by Crippen LogP contribution is -2.38.